The minimum atomic E-state index is -1.11. The normalized spacial score (nSPS) is 11.9. The van der Waals surface area contributed by atoms with Gasteiger partial charge in [-0.05, 0) is 19.3 Å². The Bertz CT molecular complexity index is 439. The number of nitrogens with one attached hydrogen (secondary N) is 1. The number of amides is 1. The van der Waals surface area contributed by atoms with Crippen molar-refractivity contribution < 1.29 is 24.6 Å². The first-order chi connectivity index (χ1) is 14.0. The smallest absolute Gasteiger partial charge is 0.326 e. The molecule has 0 heterocycles. The van der Waals surface area contributed by atoms with Crippen molar-refractivity contribution in [2.24, 2.45) is 0 Å². The minimum Gasteiger partial charge on any atom is -0.481 e. The van der Waals surface area contributed by atoms with Crippen LogP contribution in [0.25, 0.3) is 0 Å². The van der Waals surface area contributed by atoms with Gasteiger partial charge in [-0.1, -0.05) is 90.4 Å². The molecule has 0 unspecified atom stereocenters. The second-order valence-corrected chi connectivity index (χ2v) is 8.09. The first-order valence-electron chi connectivity index (χ1n) is 11.7. The Morgan fingerprint density at radius 1 is 0.655 bits per heavy atom. The topological polar surface area (TPSA) is 104 Å². The number of aliphatic carboxylic acids is 2. The highest BCUT2D eigenvalue weighted by Crippen LogP contribution is 2.13. The van der Waals surface area contributed by atoms with E-state index in [-0.39, 0.29) is 25.2 Å². The molecule has 1 atom stereocenters. The Hall–Kier alpha value is -1.59. The number of carboxylic acid groups (broad SMARTS) is 2. The zero-order valence-electron chi connectivity index (χ0n) is 18.4. The van der Waals surface area contributed by atoms with Crippen LogP contribution in [0.4, 0.5) is 0 Å². The predicted molar refractivity (Wildman–Crippen MR) is 116 cm³/mol. The van der Waals surface area contributed by atoms with Gasteiger partial charge in [0.25, 0.3) is 0 Å². The van der Waals surface area contributed by atoms with E-state index < -0.39 is 18.0 Å². The maximum absolute atomic E-state index is 11.9. The van der Waals surface area contributed by atoms with Gasteiger partial charge in [0.2, 0.25) is 5.91 Å². The van der Waals surface area contributed by atoms with Gasteiger partial charge < -0.3 is 15.5 Å². The summed E-state index contributed by atoms with van der Waals surface area (Å²) >= 11 is 0. The summed E-state index contributed by atoms with van der Waals surface area (Å²) in [7, 11) is 0. The van der Waals surface area contributed by atoms with E-state index in [0.717, 1.165) is 19.3 Å². The Morgan fingerprint density at radius 2 is 1.10 bits per heavy atom. The van der Waals surface area contributed by atoms with Crippen LogP contribution < -0.4 is 5.32 Å². The molecule has 0 aliphatic rings. The third-order valence-corrected chi connectivity index (χ3v) is 5.27. The van der Waals surface area contributed by atoms with Gasteiger partial charge in [0.15, 0.2) is 0 Å². The van der Waals surface area contributed by atoms with E-state index in [0.29, 0.717) is 6.42 Å². The van der Waals surface area contributed by atoms with Crippen LogP contribution in [0.15, 0.2) is 0 Å². The zero-order chi connectivity index (χ0) is 21.7. The summed E-state index contributed by atoms with van der Waals surface area (Å²) in [5.74, 6) is -2.32. The molecule has 0 aromatic rings. The Morgan fingerprint density at radius 3 is 1.52 bits per heavy atom. The highest BCUT2D eigenvalue weighted by Gasteiger charge is 2.19. The number of hydrogen-bond acceptors (Lipinski definition) is 3. The van der Waals surface area contributed by atoms with Crippen LogP contribution in [0.2, 0.25) is 0 Å². The van der Waals surface area contributed by atoms with Crippen LogP contribution in [0.3, 0.4) is 0 Å². The molecule has 0 fully saturated rings. The van der Waals surface area contributed by atoms with Crippen molar-refractivity contribution in [1.29, 1.82) is 0 Å². The fourth-order valence-electron chi connectivity index (χ4n) is 3.46. The molecule has 6 nitrogen and oxygen atoms in total. The van der Waals surface area contributed by atoms with Gasteiger partial charge >= 0.3 is 11.9 Å². The first kappa shape index (κ1) is 27.4. The number of carboxylic acids is 2. The van der Waals surface area contributed by atoms with Crippen molar-refractivity contribution in [3.8, 4) is 0 Å². The van der Waals surface area contributed by atoms with Gasteiger partial charge in [0.1, 0.15) is 6.04 Å². The van der Waals surface area contributed by atoms with Gasteiger partial charge in [-0.2, -0.15) is 0 Å². The van der Waals surface area contributed by atoms with Crippen LogP contribution in [0.5, 0.6) is 0 Å². The fourth-order valence-corrected chi connectivity index (χ4v) is 3.46. The molecule has 170 valence electrons. The van der Waals surface area contributed by atoms with Crippen molar-refractivity contribution in [3.05, 3.63) is 0 Å². The Labute approximate surface area is 176 Å². The van der Waals surface area contributed by atoms with Gasteiger partial charge in [-0.3, -0.25) is 9.59 Å². The van der Waals surface area contributed by atoms with E-state index in [9.17, 15) is 14.4 Å². The summed E-state index contributed by atoms with van der Waals surface area (Å²) in [6.45, 7) is 2.25. The zero-order valence-corrected chi connectivity index (χ0v) is 18.4. The van der Waals surface area contributed by atoms with Crippen molar-refractivity contribution in [1.82, 2.24) is 5.32 Å². The number of hydrogen-bond donors (Lipinski definition) is 3. The second kappa shape index (κ2) is 19.7. The molecule has 0 radical (unpaired) electrons. The monoisotopic (exact) mass is 413 g/mol. The van der Waals surface area contributed by atoms with Gasteiger partial charge in [0.05, 0.1) is 0 Å². The molecule has 0 aromatic heterocycles. The fraction of sp³-hybridized carbons (Fsp3) is 0.870. The minimum absolute atomic E-state index is 0.0847. The molecular formula is C23H43NO5. The van der Waals surface area contributed by atoms with E-state index in [1.807, 2.05) is 0 Å². The third kappa shape index (κ3) is 19.5. The molecular weight excluding hydrogens is 370 g/mol. The molecule has 0 rings (SSSR count). The highest BCUT2D eigenvalue weighted by atomic mass is 16.4. The molecule has 0 aliphatic heterocycles. The van der Waals surface area contributed by atoms with Crippen molar-refractivity contribution in [2.75, 3.05) is 0 Å². The Balaban J connectivity index is 3.51. The van der Waals surface area contributed by atoms with Crippen molar-refractivity contribution in [3.63, 3.8) is 0 Å². The molecule has 3 N–H and O–H groups in total. The average Bonchev–Trinajstić information content (AvgIpc) is 2.67. The number of unbranched alkanes of at least 4 members (excludes halogenated alkanes) is 13. The van der Waals surface area contributed by atoms with Gasteiger partial charge in [-0.25, -0.2) is 4.79 Å². The number of rotatable bonds is 21. The van der Waals surface area contributed by atoms with Crippen LogP contribution in [-0.4, -0.2) is 34.1 Å². The summed E-state index contributed by atoms with van der Waals surface area (Å²) < 4.78 is 0. The SMILES string of the molecule is CCCCCCCCCCCCCCCCC(=O)N[C@H](CCCC(=O)O)C(=O)O. The largest absolute Gasteiger partial charge is 0.481 e. The number of carbonyl (C=O) groups is 3. The summed E-state index contributed by atoms with van der Waals surface area (Å²) in [5.41, 5.74) is 0. The van der Waals surface area contributed by atoms with E-state index in [1.54, 1.807) is 0 Å². The quantitative estimate of drug-likeness (QED) is 0.210. The first-order valence-corrected chi connectivity index (χ1v) is 11.7. The summed E-state index contributed by atoms with van der Waals surface area (Å²) in [4.78, 5) is 33.5. The van der Waals surface area contributed by atoms with Gasteiger partial charge in [0, 0.05) is 12.8 Å². The molecule has 29 heavy (non-hydrogen) atoms. The standard InChI is InChI=1S/C23H43NO5/c1-2-3-4-5-6-7-8-9-10-11-12-13-14-15-18-21(25)24-20(23(28)29)17-16-19-22(26)27/h20H,2-19H2,1H3,(H,24,25)(H,26,27)(H,28,29)/t20-/m1/s1. The third-order valence-electron chi connectivity index (χ3n) is 5.27. The van der Waals surface area contributed by atoms with E-state index in [2.05, 4.69) is 12.2 Å². The molecule has 1 amide bonds. The molecule has 0 bridgehead atoms. The summed E-state index contributed by atoms with van der Waals surface area (Å²) in [5, 5.41) is 20.2. The van der Waals surface area contributed by atoms with E-state index >= 15 is 0 Å². The van der Waals surface area contributed by atoms with Crippen molar-refractivity contribution in [2.45, 2.75) is 129 Å². The summed E-state index contributed by atoms with van der Waals surface area (Å²) in [6.07, 6.45) is 18.1. The highest BCUT2D eigenvalue weighted by molar-refractivity contribution is 5.83. The maximum atomic E-state index is 11.9. The molecule has 0 aliphatic carbocycles. The molecule has 0 saturated heterocycles. The van der Waals surface area contributed by atoms with Gasteiger partial charge in [-0.15, -0.1) is 0 Å². The average molecular weight is 414 g/mol. The van der Waals surface area contributed by atoms with Crippen LogP contribution >= 0.6 is 0 Å². The molecule has 6 heteroatoms. The lowest BCUT2D eigenvalue weighted by molar-refractivity contribution is -0.142. The summed E-state index contributed by atoms with van der Waals surface area (Å²) in [6, 6.07) is -0.992. The lowest BCUT2D eigenvalue weighted by Crippen LogP contribution is -2.40. The van der Waals surface area contributed by atoms with Crippen LogP contribution in [-0.2, 0) is 14.4 Å². The maximum Gasteiger partial charge on any atom is 0.326 e. The predicted octanol–water partition coefficient (Wildman–Crippen LogP) is 5.68. The Kier molecular flexibility index (Phi) is 18.6. The lowest BCUT2D eigenvalue weighted by Gasteiger charge is -2.14. The molecule has 0 saturated carbocycles. The number of carbonyl (C=O) groups excluding carboxylic acids is 1. The van der Waals surface area contributed by atoms with Crippen LogP contribution in [0, 0.1) is 0 Å². The molecule has 0 spiro atoms. The second-order valence-electron chi connectivity index (χ2n) is 8.09. The van der Waals surface area contributed by atoms with E-state index in [1.165, 1.54) is 70.6 Å². The molecule has 0 aromatic carbocycles. The lowest BCUT2D eigenvalue weighted by atomic mass is 10.0. The van der Waals surface area contributed by atoms with Crippen LogP contribution in [0.1, 0.15) is 122 Å². The van der Waals surface area contributed by atoms with Crippen molar-refractivity contribution >= 4 is 17.8 Å². The van der Waals surface area contributed by atoms with E-state index in [4.69, 9.17) is 10.2 Å².